The van der Waals surface area contributed by atoms with E-state index in [1.807, 2.05) is 25.1 Å². The fourth-order valence-electron chi connectivity index (χ4n) is 1.45. The molecule has 15 heavy (non-hydrogen) atoms. The van der Waals surface area contributed by atoms with Crippen molar-refractivity contribution < 1.29 is 9.53 Å². The highest BCUT2D eigenvalue weighted by Gasteiger charge is 2.33. The van der Waals surface area contributed by atoms with Gasteiger partial charge in [-0.2, -0.15) is 5.26 Å². The summed E-state index contributed by atoms with van der Waals surface area (Å²) in [5.41, 5.74) is -0.433. The van der Waals surface area contributed by atoms with Crippen LogP contribution in [-0.4, -0.2) is 5.97 Å². The fourth-order valence-corrected chi connectivity index (χ4v) is 1.45. The van der Waals surface area contributed by atoms with Gasteiger partial charge < -0.3 is 4.74 Å². The van der Waals surface area contributed by atoms with Gasteiger partial charge >= 0.3 is 5.97 Å². The van der Waals surface area contributed by atoms with Gasteiger partial charge in [0.1, 0.15) is 6.07 Å². The summed E-state index contributed by atoms with van der Waals surface area (Å²) in [6.45, 7) is 3.13. The van der Waals surface area contributed by atoms with E-state index in [0.29, 0.717) is 12.0 Å². The van der Waals surface area contributed by atoms with Gasteiger partial charge in [0.2, 0.25) is 5.60 Å². The molecule has 0 saturated carbocycles. The Bertz CT molecular complexity index is 380. The molecule has 78 valence electrons. The fraction of sp³-hybridized carbons (Fsp3) is 0.333. The summed E-state index contributed by atoms with van der Waals surface area (Å²) in [6, 6.07) is 11.1. The molecule has 0 aliphatic heterocycles. The summed E-state index contributed by atoms with van der Waals surface area (Å²) in [5, 5.41) is 9.15. The van der Waals surface area contributed by atoms with Crippen LogP contribution in [-0.2, 0) is 15.1 Å². The minimum atomic E-state index is -1.15. The lowest BCUT2D eigenvalue weighted by Gasteiger charge is -2.24. The molecule has 0 aliphatic carbocycles. The van der Waals surface area contributed by atoms with Crippen LogP contribution in [0.2, 0.25) is 0 Å². The monoisotopic (exact) mass is 203 g/mol. The molecular formula is C12H13NO2. The number of benzene rings is 1. The lowest BCUT2D eigenvalue weighted by molar-refractivity contribution is -0.152. The molecule has 0 saturated heterocycles. The quantitative estimate of drug-likeness (QED) is 0.708. The molecule has 1 aromatic rings. The Hall–Kier alpha value is -1.82. The van der Waals surface area contributed by atoms with Gasteiger partial charge in [-0.3, -0.25) is 4.79 Å². The number of rotatable bonds is 3. The molecule has 1 atom stereocenters. The Morgan fingerprint density at radius 1 is 1.47 bits per heavy atom. The molecule has 0 N–H and O–H groups in total. The van der Waals surface area contributed by atoms with Gasteiger partial charge in [0, 0.05) is 18.9 Å². The Kier molecular flexibility index (Phi) is 3.46. The SMILES string of the molecule is CCC(C#N)(OC(C)=O)c1ccccc1. The predicted octanol–water partition coefficient (Wildman–Crippen LogP) is 2.38. The molecule has 3 nitrogen and oxygen atoms in total. The van der Waals surface area contributed by atoms with Gasteiger partial charge in [0.15, 0.2) is 0 Å². The van der Waals surface area contributed by atoms with Gasteiger partial charge in [0.25, 0.3) is 0 Å². The Labute approximate surface area is 89.3 Å². The Morgan fingerprint density at radius 2 is 2.07 bits per heavy atom. The van der Waals surface area contributed by atoms with E-state index in [1.165, 1.54) is 6.92 Å². The van der Waals surface area contributed by atoms with Gasteiger partial charge in [-0.05, 0) is 0 Å². The van der Waals surface area contributed by atoms with Crippen molar-refractivity contribution >= 4 is 5.97 Å². The number of carbonyl (C=O) groups is 1. The number of carbonyl (C=O) groups excluding carboxylic acids is 1. The third kappa shape index (κ3) is 2.35. The maximum absolute atomic E-state index is 11.0. The second-order valence-electron chi connectivity index (χ2n) is 3.25. The summed E-state index contributed by atoms with van der Waals surface area (Å²) in [4.78, 5) is 11.0. The van der Waals surface area contributed by atoms with E-state index in [-0.39, 0.29) is 0 Å². The van der Waals surface area contributed by atoms with Gasteiger partial charge in [0.05, 0.1) is 0 Å². The van der Waals surface area contributed by atoms with Crippen LogP contribution >= 0.6 is 0 Å². The van der Waals surface area contributed by atoms with E-state index in [4.69, 9.17) is 10.00 Å². The first-order valence-corrected chi connectivity index (χ1v) is 4.81. The number of hydrogen-bond donors (Lipinski definition) is 0. The summed E-state index contributed by atoms with van der Waals surface area (Å²) in [7, 11) is 0. The molecule has 1 unspecified atom stereocenters. The van der Waals surface area contributed by atoms with Crippen LogP contribution in [0.3, 0.4) is 0 Å². The van der Waals surface area contributed by atoms with Crippen molar-refractivity contribution in [2.45, 2.75) is 25.9 Å². The van der Waals surface area contributed by atoms with Gasteiger partial charge in [-0.15, -0.1) is 0 Å². The molecule has 0 bridgehead atoms. The number of nitriles is 1. The first-order valence-electron chi connectivity index (χ1n) is 4.81. The van der Waals surface area contributed by atoms with Crippen LogP contribution < -0.4 is 0 Å². The molecule has 0 aliphatic rings. The van der Waals surface area contributed by atoms with E-state index in [0.717, 1.165) is 0 Å². The van der Waals surface area contributed by atoms with Crippen molar-refractivity contribution in [3.63, 3.8) is 0 Å². The molecule has 1 rings (SSSR count). The van der Waals surface area contributed by atoms with Crippen LogP contribution in [0, 0.1) is 11.3 Å². The number of esters is 1. The summed E-state index contributed by atoms with van der Waals surface area (Å²) < 4.78 is 5.12. The van der Waals surface area contributed by atoms with E-state index in [1.54, 1.807) is 12.1 Å². The third-order valence-corrected chi connectivity index (χ3v) is 2.24. The van der Waals surface area contributed by atoms with E-state index >= 15 is 0 Å². The van der Waals surface area contributed by atoms with Crippen LogP contribution in [0.4, 0.5) is 0 Å². The van der Waals surface area contributed by atoms with E-state index in [2.05, 4.69) is 6.07 Å². The molecule has 0 amide bonds. The van der Waals surface area contributed by atoms with Crippen molar-refractivity contribution in [3.05, 3.63) is 35.9 Å². The normalized spacial score (nSPS) is 13.7. The maximum atomic E-state index is 11.0. The first-order chi connectivity index (χ1) is 7.14. The number of ether oxygens (including phenoxy) is 1. The lowest BCUT2D eigenvalue weighted by Crippen LogP contribution is -2.29. The molecule has 1 aromatic carbocycles. The van der Waals surface area contributed by atoms with Crippen molar-refractivity contribution in [1.29, 1.82) is 5.26 Å². The standard InChI is InChI=1S/C12H13NO2/c1-3-12(9-13,15-10(2)14)11-7-5-4-6-8-11/h4-8H,3H2,1-2H3. The average Bonchev–Trinajstić information content (AvgIpc) is 2.27. The molecular weight excluding hydrogens is 190 g/mol. The lowest BCUT2D eigenvalue weighted by atomic mass is 9.92. The highest BCUT2D eigenvalue weighted by atomic mass is 16.6. The van der Waals surface area contributed by atoms with Crippen LogP contribution in [0.15, 0.2) is 30.3 Å². The zero-order chi connectivity index (χ0) is 11.3. The molecule has 3 heteroatoms. The first kappa shape index (κ1) is 11.3. The summed E-state index contributed by atoms with van der Waals surface area (Å²) in [6.07, 6.45) is 0.438. The third-order valence-electron chi connectivity index (χ3n) is 2.24. The second kappa shape index (κ2) is 4.61. The van der Waals surface area contributed by atoms with Crippen LogP contribution in [0.5, 0.6) is 0 Å². The maximum Gasteiger partial charge on any atom is 0.304 e. The highest BCUT2D eigenvalue weighted by molar-refractivity contribution is 5.67. The zero-order valence-electron chi connectivity index (χ0n) is 8.86. The van der Waals surface area contributed by atoms with Crippen molar-refractivity contribution in [2.75, 3.05) is 0 Å². The molecule has 0 spiro atoms. The van der Waals surface area contributed by atoms with Gasteiger partial charge in [-0.1, -0.05) is 37.3 Å². The van der Waals surface area contributed by atoms with E-state index < -0.39 is 11.6 Å². The van der Waals surface area contributed by atoms with Crippen LogP contribution in [0.25, 0.3) is 0 Å². The molecule has 0 radical (unpaired) electrons. The second-order valence-corrected chi connectivity index (χ2v) is 3.25. The minimum Gasteiger partial charge on any atom is -0.439 e. The number of hydrogen-bond acceptors (Lipinski definition) is 3. The van der Waals surface area contributed by atoms with Crippen molar-refractivity contribution in [3.8, 4) is 6.07 Å². The average molecular weight is 203 g/mol. The topological polar surface area (TPSA) is 50.1 Å². The Morgan fingerprint density at radius 3 is 2.47 bits per heavy atom. The Balaban J connectivity index is 3.13. The van der Waals surface area contributed by atoms with Gasteiger partial charge in [-0.25, -0.2) is 0 Å². The van der Waals surface area contributed by atoms with Crippen molar-refractivity contribution in [1.82, 2.24) is 0 Å². The number of nitrogens with zero attached hydrogens (tertiary/aromatic N) is 1. The van der Waals surface area contributed by atoms with Crippen molar-refractivity contribution in [2.24, 2.45) is 0 Å². The predicted molar refractivity (Wildman–Crippen MR) is 55.8 cm³/mol. The molecule has 0 heterocycles. The molecule has 0 aromatic heterocycles. The van der Waals surface area contributed by atoms with E-state index in [9.17, 15) is 4.79 Å². The smallest absolute Gasteiger partial charge is 0.304 e. The minimum absolute atomic E-state index is 0.438. The largest absolute Gasteiger partial charge is 0.439 e. The summed E-state index contributed by atoms with van der Waals surface area (Å²) >= 11 is 0. The summed E-state index contributed by atoms with van der Waals surface area (Å²) in [5.74, 6) is -0.442. The highest BCUT2D eigenvalue weighted by Crippen LogP contribution is 2.28. The molecule has 0 fully saturated rings. The zero-order valence-corrected chi connectivity index (χ0v) is 8.86. The van der Waals surface area contributed by atoms with Crippen LogP contribution in [0.1, 0.15) is 25.8 Å².